The number of aromatic nitrogens is 2. The van der Waals surface area contributed by atoms with Crippen LogP contribution < -0.4 is 10.5 Å². The molecule has 0 radical (unpaired) electrons. The maximum atomic E-state index is 10.9. The number of benzene rings is 2. The van der Waals surface area contributed by atoms with Crippen molar-refractivity contribution in [3.8, 4) is 22.9 Å². The molecule has 0 aliphatic carbocycles. The fourth-order valence-corrected chi connectivity index (χ4v) is 2.61. The van der Waals surface area contributed by atoms with Gasteiger partial charge in [0.25, 0.3) is 0 Å². The normalized spacial score (nSPS) is 11.9. The second kappa shape index (κ2) is 8.01. The van der Waals surface area contributed by atoms with E-state index in [-0.39, 0.29) is 18.2 Å². The Bertz CT molecular complexity index is 876. The van der Waals surface area contributed by atoms with E-state index < -0.39 is 0 Å². The number of carbonyl (C=O) groups is 1. The van der Waals surface area contributed by atoms with Crippen molar-refractivity contribution in [1.29, 1.82) is 0 Å². The van der Waals surface area contributed by atoms with Crippen molar-refractivity contribution in [3.63, 3.8) is 0 Å². The summed E-state index contributed by atoms with van der Waals surface area (Å²) in [5, 5.41) is 4.64. The smallest absolute Gasteiger partial charge is 0.227 e. The molecule has 0 aliphatic rings. The van der Waals surface area contributed by atoms with Gasteiger partial charge in [0, 0.05) is 23.4 Å². The number of nitrogens with zero attached hydrogens (tertiary/aromatic N) is 2. The first-order chi connectivity index (χ1) is 12.5. The zero-order chi connectivity index (χ0) is 18.5. The highest BCUT2D eigenvalue weighted by Gasteiger charge is 2.14. The first-order valence-corrected chi connectivity index (χ1v) is 8.52. The number of hydrogen-bond acceptors (Lipinski definition) is 5. The lowest BCUT2D eigenvalue weighted by atomic mass is 10.0. The minimum atomic E-state index is -0.339. The summed E-state index contributed by atoms with van der Waals surface area (Å²) in [6, 6.07) is 14.5. The van der Waals surface area contributed by atoms with Crippen LogP contribution in [0.1, 0.15) is 19.2 Å². The lowest BCUT2D eigenvalue weighted by Crippen LogP contribution is -2.16. The zero-order valence-electron chi connectivity index (χ0n) is 14.2. The number of carbonyl (C=O) groups excluding carboxylic acids is 1. The molecule has 6 nitrogen and oxygen atoms in total. The van der Waals surface area contributed by atoms with E-state index in [0.29, 0.717) is 34.7 Å². The van der Waals surface area contributed by atoms with Crippen molar-refractivity contribution in [2.45, 2.75) is 19.8 Å². The van der Waals surface area contributed by atoms with Crippen LogP contribution in [0.3, 0.4) is 0 Å². The number of hydrogen-bond donors (Lipinski definition) is 1. The summed E-state index contributed by atoms with van der Waals surface area (Å²) in [4.78, 5) is 15.3. The van der Waals surface area contributed by atoms with Gasteiger partial charge in [-0.1, -0.05) is 23.7 Å². The molecule has 0 spiro atoms. The van der Waals surface area contributed by atoms with Gasteiger partial charge in [0.15, 0.2) is 0 Å². The van der Waals surface area contributed by atoms with E-state index >= 15 is 0 Å². The van der Waals surface area contributed by atoms with Crippen LogP contribution in [0, 0.1) is 5.92 Å². The van der Waals surface area contributed by atoms with Crippen molar-refractivity contribution < 1.29 is 14.1 Å². The summed E-state index contributed by atoms with van der Waals surface area (Å²) in [5.74, 6) is 2.08. The van der Waals surface area contributed by atoms with E-state index in [2.05, 4.69) is 10.1 Å². The minimum absolute atomic E-state index is 0.0518. The van der Waals surface area contributed by atoms with Crippen molar-refractivity contribution >= 4 is 17.5 Å². The van der Waals surface area contributed by atoms with Crippen LogP contribution >= 0.6 is 11.6 Å². The van der Waals surface area contributed by atoms with Gasteiger partial charge in [-0.05, 0) is 54.4 Å². The molecule has 1 amide bonds. The molecule has 0 unspecified atom stereocenters. The van der Waals surface area contributed by atoms with Gasteiger partial charge >= 0.3 is 0 Å². The van der Waals surface area contributed by atoms with Gasteiger partial charge in [-0.15, -0.1) is 0 Å². The molecule has 1 aromatic heterocycles. The van der Waals surface area contributed by atoms with E-state index in [1.165, 1.54) is 0 Å². The Kier molecular flexibility index (Phi) is 5.53. The fraction of sp³-hybridized carbons (Fsp3) is 0.211. The van der Waals surface area contributed by atoms with Gasteiger partial charge in [-0.2, -0.15) is 4.98 Å². The number of nitrogens with two attached hydrogens (primary N) is 1. The lowest BCUT2D eigenvalue weighted by Gasteiger charge is -2.06. The fourth-order valence-electron chi connectivity index (χ4n) is 2.48. The Balaban J connectivity index is 1.65. The van der Waals surface area contributed by atoms with Crippen molar-refractivity contribution in [1.82, 2.24) is 10.1 Å². The number of ether oxygens (including phenoxy) is 1. The zero-order valence-corrected chi connectivity index (χ0v) is 14.9. The van der Waals surface area contributed by atoms with Crippen LogP contribution in [0.4, 0.5) is 0 Å². The first-order valence-electron chi connectivity index (χ1n) is 8.14. The molecule has 3 rings (SSSR count). The van der Waals surface area contributed by atoms with Crippen LogP contribution in [0.25, 0.3) is 11.4 Å². The highest BCUT2D eigenvalue weighted by molar-refractivity contribution is 6.30. The summed E-state index contributed by atoms with van der Waals surface area (Å²) in [6.45, 7) is 1.91. The van der Waals surface area contributed by atoms with Crippen LogP contribution in [0.5, 0.6) is 11.5 Å². The Hall–Kier alpha value is -2.86. The summed E-state index contributed by atoms with van der Waals surface area (Å²) in [5.41, 5.74) is 6.01. The number of amides is 1. The van der Waals surface area contributed by atoms with Crippen LogP contribution in [0.2, 0.25) is 5.02 Å². The Labute approximate surface area is 155 Å². The predicted molar refractivity (Wildman–Crippen MR) is 97.9 cm³/mol. The number of halogens is 1. The van der Waals surface area contributed by atoms with Crippen LogP contribution in [-0.4, -0.2) is 16.0 Å². The summed E-state index contributed by atoms with van der Waals surface area (Å²) in [6.07, 6.45) is 0.794. The maximum Gasteiger partial charge on any atom is 0.227 e. The molecule has 0 saturated carbocycles. The average Bonchev–Trinajstić information content (AvgIpc) is 3.05. The monoisotopic (exact) mass is 371 g/mol. The topological polar surface area (TPSA) is 91.2 Å². The number of primary amides is 1. The molecule has 0 aliphatic heterocycles. The SMILES string of the molecule is C[C@@H](CC(N)=O)Cc1nc(-c2ccc(Oc3ccc(Cl)cc3)cc2)no1. The van der Waals surface area contributed by atoms with Crippen molar-refractivity contribution in [2.24, 2.45) is 11.7 Å². The molecule has 0 bridgehead atoms. The quantitative estimate of drug-likeness (QED) is 0.670. The van der Waals surface area contributed by atoms with Crippen molar-refractivity contribution in [2.75, 3.05) is 0 Å². The standard InChI is InChI=1S/C19H18ClN3O3/c1-12(10-17(21)24)11-18-22-19(23-26-18)13-2-6-15(7-3-13)25-16-8-4-14(20)5-9-16/h2-9,12H,10-11H2,1H3,(H2,21,24)/t12-/m0/s1. The molecule has 2 aromatic carbocycles. The third-order valence-corrected chi connectivity index (χ3v) is 3.95. The minimum Gasteiger partial charge on any atom is -0.457 e. The third-order valence-electron chi connectivity index (χ3n) is 3.70. The van der Waals surface area contributed by atoms with E-state index in [4.69, 9.17) is 26.6 Å². The van der Waals surface area contributed by atoms with Gasteiger partial charge in [0.05, 0.1) is 0 Å². The van der Waals surface area contributed by atoms with E-state index in [9.17, 15) is 4.79 Å². The third kappa shape index (κ3) is 4.83. The Morgan fingerprint density at radius 3 is 2.38 bits per heavy atom. The molecule has 2 N–H and O–H groups in total. The van der Waals surface area contributed by atoms with Crippen LogP contribution in [0.15, 0.2) is 53.1 Å². The largest absolute Gasteiger partial charge is 0.457 e. The molecule has 7 heteroatoms. The molecule has 0 saturated heterocycles. The molecular weight excluding hydrogens is 354 g/mol. The molecule has 1 heterocycles. The summed E-state index contributed by atoms with van der Waals surface area (Å²) < 4.78 is 11.0. The van der Waals surface area contributed by atoms with Gasteiger partial charge in [-0.3, -0.25) is 4.79 Å². The first kappa shape index (κ1) is 17.9. The van der Waals surface area contributed by atoms with Gasteiger partial charge in [-0.25, -0.2) is 0 Å². The lowest BCUT2D eigenvalue weighted by molar-refractivity contribution is -0.118. The van der Waals surface area contributed by atoms with E-state index in [1.807, 2.05) is 31.2 Å². The van der Waals surface area contributed by atoms with E-state index in [1.54, 1.807) is 24.3 Å². The molecular formula is C19H18ClN3O3. The van der Waals surface area contributed by atoms with Crippen LogP contribution in [-0.2, 0) is 11.2 Å². The highest BCUT2D eigenvalue weighted by atomic mass is 35.5. The maximum absolute atomic E-state index is 10.9. The second-order valence-electron chi connectivity index (χ2n) is 6.07. The molecule has 134 valence electrons. The Morgan fingerprint density at radius 1 is 1.15 bits per heavy atom. The average molecular weight is 372 g/mol. The van der Waals surface area contributed by atoms with E-state index in [0.717, 1.165) is 5.56 Å². The summed E-state index contributed by atoms with van der Waals surface area (Å²) in [7, 11) is 0. The molecule has 3 aromatic rings. The highest BCUT2D eigenvalue weighted by Crippen LogP contribution is 2.26. The van der Waals surface area contributed by atoms with Gasteiger partial charge in [0.2, 0.25) is 17.6 Å². The van der Waals surface area contributed by atoms with Gasteiger partial charge in [0.1, 0.15) is 11.5 Å². The molecule has 1 atom stereocenters. The molecule has 26 heavy (non-hydrogen) atoms. The van der Waals surface area contributed by atoms with Gasteiger partial charge < -0.3 is 15.0 Å². The second-order valence-corrected chi connectivity index (χ2v) is 6.51. The number of rotatable bonds is 7. The van der Waals surface area contributed by atoms with Crippen molar-refractivity contribution in [3.05, 3.63) is 59.4 Å². The predicted octanol–water partition coefficient (Wildman–Crippen LogP) is 4.24. The molecule has 0 fully saturated rings. The Morgan fingerprint density at radius 2 is 1.77 bits per heavy atom. The summed E-state index contributed by atoms with van der Waals surface area (Å²) >= 11 is 5.86.